The highest BCUT2D eigenvalue weighted by Gasteiger charge is 2.10. The van der Waals surface area contributed by atoms with Crippen molar-refractivity contribution in [2.75, 3.05) is 10.6 Å². The average Bonchev–Trinajstić information content (AvgIpc) is 2.50. The predicted octanol–water partition coefficient (Wildman–Crippen LogP) is 4.62. The number of carbonyl (C=O) groups excluding carboxylic acids is 1. The molecular weight excluding hydrogens is 342 g/mol. The molecule has 2 rings (SSSR count). The Balaban J connectivity index is 2.14. The van der Waals surface area contributed by atoms with Gasteiger partial charge in [-0.3, -0.25) is 9.78 Å². The quantitative estimate of drug-likeness (QED) is 0.816. The first-order chi connectivity index (χ1) is 10.5. The molecule has 1 aromatic carbocycles. The van der Waals surface area contributed by atoms with Gasteiger partial charge in [0, 0.05) is 22.9 Å². The lowest BCUT2D eigenvalue weighted by molar-refractivity contribution is 0.102. The minimum atomic E-state index is -0.176. The van der Waals surface area contributed by atoms with Gasteiger partial charge in [0.2, 0.25) is 0 Å². The lowest BCUT2D eigenvalue weighted by Crippen LogP contribution is -2.16. The van der Waals surface area contributed by atoms with Gasteiger partial charge in [0.05, 0.1) is 16.9 Å². The van der Waals surface area contributed by atoms with Crippen molar-refractivity contribution in [1.29, 1.82) is 0 Å². The minimum absolute atomic E-state index is 0.176. The van der Waals surface area contributed by atoms with Crippen molar-refractivity contribution in [1.82, 2.24) is 4.98 Å². The minimum Gasteiger partial charge on any atom is -0.381 e. The maximum Gasteiger partial charge on any atom is 0.257 e. The molecule has 2 N–H and O–H groups in total. The highest BCUT2D eigenvalue weighted by atomic mass is 79.9. The highest BCUT2D eigenvalue weighted by Crippen LogP contribution is 2.24. The molecule has 0 fully saturated rings. The lowest BCUT2D eigenvalue weighted by Gasteiger charge is -2.13. The van der Waals surface area contributed by atoms with E-state index >= 15 is 0 Å². The molecule has 1 amide bonds. The summed E-state index contributed by atoms with van der Waals surface area (Å²) in [5.41, 5.74) is 3.26. The van der Waals surface area contributed by atoms with Gasteiger partial charge >= 0.3 is 0 Å². The van der Waals surface area contributed by atoms with Crippen molar-refractivity contribution in [3.63, 3.8) is 0 Å². The molecule has 0 radical (unpaired) electrons. The number of amides is 1. The number of benzene rings is 1. The van der Waals surface area contributed by atoms with E-state index in [9.17, 15) is 4.79 Å². The van der Waals surface area contributed by atoms with Gasteiger partial charge in [0.25, 0.3) is 5.91 Å². The summed E-state index contributed by atoms with van der Waals surface area (Å²) >= 11 is 3.46. The van der Waals surface area contributed by atoms with Crippen LogP contribution in [0.1, 0.15) is 36.2 Å². The third kappa shape index (κ3) is 4.31. The van der Waals surface area contributed by atoms with Gasteiger partial charge in [-0.05, 0) is 60.0 Å². The average molecular weight is 362 g/mol. The summed E-state index contributed by atoms with van der Waals surface area (Å²) in [6.07, 6.45) is 4.30. The molecule has 1 atom stereocenters. The zero-order valence-corrected chi connectivity index (χ0v) is 14.6. The first-order valence-corrected chi connectivity index (χ1v) is 8.08. The number of carbonyl (C=O) groups is 1. The number of hydrogen-bond acceptors (Lipinski definition) is 3. The summed E-state index contributed by atoms with van der Waals surface area (Å²) in [7, 11) is 0. The van der Waals surface area contributed by atoms with Crippen LogP contribution in [0.3, 0.4) is 0 Å². The topological polar surface area (TPSA) is 54.0 Å². The Kier molecular flexibility index (Phi) is 5.55. The summed E-state index contributed by atoms with van der Waals surface area (Å²) in [6, 6.07) is 7.96. The fourth-order valence-electron chi connectivity index (χ4n) is 1.95. The molecule has 0 saturated carbocycles. The van der Waals surface area contributed by atoms with E-state index in [4.69, 9.17) is 0 Å². The molecule has 0 aliphatic rings. The van der Waals surface area contributed by atoms with Crippen LogP contribution in [0.2, 0.25) is 0 Å². The smallest absolute Gasteiger partial charge is 0.257 e. The van der Waals surface area contributed by atoms with Gasteiger partial charge in [0.1, 0.15) is 0 Å². The first-order valence-electron chi connectivity index (χ1n) is 7.28. The lowest BCUT2D eigenvalue weighted by atomic mass is 10.2. The van der Waals surface area contributed by atoms with E-state index in [-0.39, 0.29) is 5.91 Å². The summed E-state index contributed by atoms with van der Waals surface area (Å²) in [4.78, 5) is 16.5. The van der Waals surface area contributed by atoms with E-state index < -0.39 is 0 Å². The number of nitrogens with one attached hydrogen (secondary N) is 2. The second-order valence-electron chi connectivity index (χ2n) is 5.35. The molecule has 2 aromatic rings. The van der Waals surface area contributed by atoms with Crippen molar-refractivity contribution >= 4 is 33.2 Å². The van der Waals surface area contributed by atoms with E-state index in [1.165, 1.54) is 0 Å². The molecule has 0 aliphatic heterocycles. The zero-order chi connectivity index (χ0) is 16.1. The van der Waals surface area contributed by atoms with E-state index in [1.807, 2.05) is 31.2 Å². The Hall–Kier alpha value is -1.88. The van der Waals surface area contributed by atoms with Crippen LogP contribution >= 0.6 is 15.9 Å². The van der Waals surface area contributed by atoms with Gasteiger partial charge in [0.15, 0.2) is 0 Å². The molecule has 1 unspecified atom stereocenters. The van der Waals surface area contributed by atoms with E-state index in [0.717, 1.165) is 27.8 Å². The fraction of sp³-hybridized carbons (Fsp3) is 0.294. The van der Waals surface area contributed by atoms with Crippen molar-refractivity contribution in [2.45, 2.75) is 33.2 Å². The monoisotopic (exact) mass is 361 g/mol. The Morgan fingerprint density at radius 2 is 2.09 bits per heavy atom. The number of aromatic nitrogens is 1. The SMILES string of the molecule is CCC(C)Nc1cncc(C(=O)Nc2ccc(C)cc2Br)c1. The summed E-state index contributed by atoms with van der Waals surface area (Å²) < 4.78 is 0.864. The molecule has 0 bridgehead atoms. The summed E-state index contributed by atoms with van der Waals surface area (Å²) in [5.74, 6) is -0.176. The molecule has 4 nitrogen and oxygen atoms in total. The maximum atomic E-state index is 12.4. The number of pyridine rings is 1. The third-order valence-corrected chi connectivity index (χ3v) is 4.05. The van der Waals surface area contributed by atoms with Crippen LogP contribution in [0.15, 0.2) is 41.1 Å². The number of hydrogen-bond donors (Lipinski definition) is 2. The van der Waals surface area contributed by atoms with Crippen LogP contribution in [0.4, 0.5) is 11.4 Å². The molecule has 0 spiro atoms. The van der Waals surface area contributed by atoms with E-state index in [1.54, 1.807) is 12.4 Å². The standard InChI is InChI=1S/C17H20BrN3O/c1-4-12(3)20-14-8-13(9-19-10-14)17(22)21-16-6-5-11(2)7-15(16)18/h5-10,12,20H,4H2,1-3H3,(H,21,22). The van der Waals surface area contributed by atoms with E-state index in [2.05, 4.69) is 45.4 Å². The molecule has 0 saturated heterocycles. The molecule has 5 heteroatoms. The molecule has 0 aliphatic carbocycles. The van der Waals surface area contributed by atoms with Crippen LogP contribution in [-0.4, -0.2) is 16.9 Å². The molecule has 116 valence electrons. The maximum absolute atomic E-state index is 12.4. The summed E-state index contributed by atoms with van der Waals surface area (Å²) in [6.45, 7) is 6.21. The molecule has 1 aromatic heterocycles. The van der Waals surface area contributed by atoms with Gasteiger partial charge < -0.3 is 10.6 Å². The number of anilines is 2. The number of halogens is 1. The number of rotatable bonds is 5. The Morgan fingerprint density at radius 3 is 2.77 bits per heavy atom. The molecular formula is C17H20BrN3O. The predicted molar refractivity (Wildman–Crippen MR) is 94.4 cm³/mol. The van der Waals surface area contributed by atoms with Crippen molar-refractivity contribution < 1.29 is 4.79 Å². The fourth-order valence-corrected chi connectivity index (χ4v) is 2.54. The van der Waals surface area contributed by atoms with Crippen molar-refractivity contribution in [3.8, 4) is 0 Å². The Labute approximate surface area is 139 Å². The van der Waals surface area contributed by atoms with Crippen LogP contribution in [0.5, 0.6) is 0 Å². The van der Waals surface area contributed by atoms with E-state index in [0.29, 0.717) is 11.6 Å². The third-order valence-electron chi connectivity index (χ3n) is 3.40. The van der Waals surface area contributed by atoms with Crippen LogP contribution in [-0.2, 0) is 0 Å². The van der Waals surface area contributed by atoms with Crippen molar-refractivity contribution in [3.05, 3.63) is 52.3 Å². The second-order valence-corrected chi connectivity index (χ2v) is 6.21. The second kappa shape index (κ2) is 7.40. The zero-order valence-electron chi connectivity index (χ0n) is 13.0. The number of aryl methyl sites for hydroxylation is 1. The molecule has 22 heavy (non-hydrogen) atoms. The Bertz CT molecular complexity index is 673. The molecule has 1 heterocycles. The highest BCUT2D eigenvalue weighted by molar-refractivity contribution is 9.10. The van der Waals surface area contributed by atoms with Gasteiger partial charge in [-0.25, -0.2) is 0 Å². The normalized spacial score (nSPS) is 11.8. The Morgan fingerprint density at radius 1 is 1.32 bits per heavy atom. The van der Waals surface area contributed by atoms with Crippen LogP contribution < -0.4 is 10.6 Å². The van der Waals surface area contributed by atoms with Gasteiger partial charge in [-0.15, -0.1) is 0 Å². The van der Waals surface area contributed by atoms with Crippen molar-refractivity contribution in [2.24, 2.45) is 0 Å². The first kappa shape index (κ1) is 16.5. The summed E-state index contributed by atoms with van der Waals surface area (Å²) in [5, 5.41) is 6.21. The van der Waals surface area contributed by atoms with Gasteiger partial charge in [-0.2, -0.15) is 0 Å². The van der Waals surface area contributed by atoms with Crippen LogP contribution in [0, 0.1) is 6.92 Å². The van der Waals surface area contributed by atoms with Crippen LogP contribution in [0.25, 0.3) is 0 Å². The van der Waals surface area contributed by atoms with Gasteiger partial charge in [-0.1, -0.05) is 13.0 Å². The number of nitrogens with zero attached hydrogens (tertiary/aromatic N) is 1. The largest absolute Gasteiger partial charge is 0.381 e.